The van der Waals surface area contributed by atoms with E-state index in [0.717, 1.165) is 6.07 Å². The van der Waals surface area contributed by atoms with Crippen LogP contribution in [0.1, 0.15) is 12.6 Å². The molecular formula is C12H11F3N2. The maximum Gasteiger partial charge on any atom is 0.195 e. The molecule has 0 bridgehead atoms. The van der Waals surface area contributed by atoms with E-state index in [4.69, 9.17) is 0 Å². The Hall–Kier alpha value is -1.78. The average molecular weight is 240 g/mol. The van der Waals surface area contributed by atoms with E-state index >= 15 is 0 Å². The summed E-state index contributed by atoms with van der Waals surface area (Å²) in [5.74, 6) is -3.90. The molecule has 0 fully saturated rings. The number of fused-ring (bicyclic) bond motifs is 1. The number of aryl methyl sites for hydroxylation is 1. The molecule has 0 saturated heterocycles. The number of nitrogens with one attached hydrogen (secondary N) is 1. The Morgan fingerprint density at radius 2 is 1.88 bits per heavy atom. The molecule has 0 spiro atoms. The second-order valence-corrected chi connectivity index (χ2v) is 3.72. The fraction of sp³-hybridized carbons (Fsp3) is 0.250. The van der Waals surface area contributed by atoms with Crippen LogP contribution in [-0.4, -0.2) is 11.5 Å². The molecule has 1 aromatic heterocycles. The van der Waals surface area contributed by atoms with Crippen LogP contribution in [0, 0.1) is 24.4 Å². The summed E-state index contributed by atoms with van der Waals surface area (Å²) in [5, 5.41) is 2.89. The number of anilines is 1. The fourth-order valence-electron chi connectivity index (χ4n) is 1.76. The van der Waals surface area contributed by atoms with Gasteiger partial charge in [0.05, 0.1) is 10.9 Å². The van der Waals surface area contributed by atoms with E-state index in [1.165, 1.54) is 0 Å². The molecule has 0 amide bonds. The summed E-state index contributed by atoms with van der Waals surface area (Å²) in [4.78, 5) is 3.99. The summed E-state index contributed by atoms with van der Waals surface area (Å²) < 4.78 is 39.9. The molecule has 1 N–H and O–H groups in total. The number of benzene rings is 1. The van der Waals surface area contributed by atoms with Crippen molar-refractivity contribution in [3.8, 4) is 0 Å². The molecule has 0 aliphatic rings. The minimum Gasteiger partial charge on any atom is -0.385 e. The lowest BCUT2D eigenvalue weighted by atomic mass is 10.1. The molecule has 17 heavy (non-hydrogen) atoms. The van der Waals surface area contributed by atoms with Crippen molar-refractivity contribution in [1.29, 1.82) is 0 Å². The highest BCUT2D eigenvalue weighted by atomic mass is 19.2. The molecule has 1 heterocycles. The smallest absolute Gasteiger partial charge is 0.195 e. The Morgan fingerprint density at radius 3 is 2.53 bits per heavy atom. The standard InChI is InChI=1S/C12H11F3N2/c1-3-16-8-4-6(2)17-9-5-7(13)11(14)12(15)10(8)9/h4-5H,3H2,1-2H3,(H,16,17). The first kappa shape index (κ1) is 11.7. The van der Waals surface area contributed by atoms with Crippen molar-refractivity contribution in [2.24, 2.45) is 0 Å². The number of rotatable bonds is 2. The highest BCUT2D eigenvalue weighted by Gasteiger charge is 2.17. The van der Waals surface area contributed by atoms with Gasteiger partial charge in [-0.25, -0.2) is 13.2 Å². The lowest BCUT2D eigenvalue weighted by molar-refractivity contribution is 0.453. The molecule has 2 rings (SSSR count). The minimum absolute atomic E-state index is 0.0173. The van der Waals surface area contributed by atoms with Crippen molar-refractivity contribution in [1.82, 2.24) is 4.98 Å². The molecule has 2 nitrogen and oxygen atoms in total. The third-order valence-electron chi connectivity index (χ3n) is 2.43. The predicted octanol–water partition coefficient (Wildman–Crippen LogP) is 3.39. The topological polar surface area (TPSA) is 24.9 Å². The van der Waals surface area contributed by atoms with E-state index < -0.39 is 17.5 Å². The van der Waals surface area contributed by atoms with Crippen LogP contribution in [-0.2, 0) is 0 Å². The van der Waals surface area contributed by atoms with Crippen molar-refractivity contribution in [3.05, 3.63) is 35.3 Å². The third kappa shape index (κ3) is 1.92. The van der Waals surface area contributed by atoms with Crippen molar-refractivity contribution in [2.45, 2.75) is 13.8 Å². The Balaban J connectivity index is 2.85. The van der Waals surface area contributed by atoms with Gasteiger partial charge in [-0.3, -0.25) is 4.98 Å². The Kier molecular flexibility index (Phi) is 2.92. The van der Waals surface area contributed by atoms with Crippen molar-refractivity contribution in [3.63, 3.8) is 0 Å². The first-order valence-corrected chi connectivity index (χ1v) is 5.23. The van der Waals surface area contributed by atoms with Crippen LogP contribution in [0.5, 0.6) is 0 Å². The molecule has 0 radical (unpaired) electrons. The number of halogens is 3. The second kappa shape index (κ2) is 4.24. The quantitative estimate of drug-likeness (QED) is 0.814. The zero-order valence-electron chi connectivity index (χ0n) is 9.44. The van der Waals surface area contributed by atoms with E-state index in [0.29, 0.717) is 17.9 Å². The molecule has 0 aliphatic heterocycles. The van der Waals surface area contributed by atoms with Gasteiger partial charge in [0.1, 0.15) is 0 Å². The van der Waals surface area contributed by atoms with Gasteiger partial charge in [-0.05, 0) is 19.9 Å². The maximum absolute atomic E-state index is 13.7. The van der Waals surface area contributed by atoms with Crippen molar-refractivity contribution < 1.29 is 13.2 Å². The van der Waals surface area contributed by atoms with Crippen LogP contribution in [0.4, 0.5) is 18.9 Å². The summed E-state index contributed by atoms with van der Waals surface area (Å²) in [6, 6.07) is 2.51. The van der Waals surface area contributed by atoms with E-state index in [-0.39, 0.29) is 10.9 Å². The van der Waals surface area contributed by atoms with Gasteiger partial charge < -0.3 is 5.32 Å². The monoisotopic (exact) mass is 240 g/mol. The number of hydrogen-bond donors (Lipinski definition) is 1. The van der Waals surface area contributed by atoms with E-state index in [1.807, 2.05) is 6.92 Å². The maximum atomic E-state index is 13.7. The fourth-order valence-corrected chi connectivity index (χ4v) is 1.76. The molecule has 0 unspecified atom stereocenters. The molecule has 0 saturated carbocycles. The van der Waals surface area contributed by atoms with Crippen LogP contribution in [0.2, 0.25) is 0 Å². The van der Waals surface area contributed by atoms with Gasteiger partial charge in [-0.15, -0.1) is 0 Å². The van der Waals surface area contributed by atoms with Crippen LogP contribution in [0.25, 0.3) is 10.9 Å². The van der Waals surface area contributed by atoms with E-state index in [2.05, 4.69) is 10.3 Å². The molecule has 5 heteroatoms. The van der Waals surface area contributed by atoms with Crippen LogP contribution >= 0.6 is 0 Å². The third-order valence-corrected chi connectivity index (χ3v) is 2.43. The van der Waals surface area contributed by atoms with Crippen LogP contribution < -0.4 is 5.32 Å². The van der Waals surface area contributed by atoms with Gasteiger partial charge in [0, 0.05) is 24.0 Å². The minimum atomic E-state index is -1.47. The zero-order valence-corrected chi connectivity index (χ0v) is 9.44. The van der Waals surface area contributed by atoms with E-state index in [9.17, 15) is 13.2 Å². The predicted molar refractivity (Wildman–Crippen MR) is 60.5 cm³/mol. The van der Waals surface area contributed by atoms with Crippen molar-refractivity contribution >= 4 is 16.6 Å². The van der Waals surface area contributed by atoms with Crippen LogP contribution in [0.15, 0.2) is 12.1 Å². The largest absolute Gasteiger partial charge is 0.385 e. The molecule has 0 atom stereocenters. The zero-order chi connectivity index (χ0) is 12.6. The highest BCUT2D eigenvalue weighted by Crippen LogP contribution is 2.28. The number of pyridine rings is 1. The van der Waals surface area contributed by atoms with Gasteiger partial charge in [-0.1, -0.05) is 0 Å². The van der Waals surface area contributed by atoms with E-state index in [1.54, 1.807) is 13.0 Å². The van der Waals surface area contributed by atoms with Gasteiger partial charge in [0.15, 0.2) is 17.5 Å². The Labute approximate surface area is 96.5 Å². The second-order valence-electron chi connectivity index (χ2n) is 3.72. The average Bonchev–Trinajstić information content (AvgIpc) is 2.25. The molecule has 90 valence electrons. The van der Waals surface area contributed by atoms with Gasteiger partial charge in [-0.2, -0.15) is 0 Å². The lowest BCUT2D eigenvalue weighted by Gasteiger charge is -2.10. The summed E-state index contributed by atoms with van der Waals surface area (Å²) in [7, 11) is 0. The van der Waals surface area contributed by atoms with Crippen LogP contribution in [0.3, 0.4) is 0 Å². The lowest BCUT2D eigenvalue weighted by Crippen LogP contribution is -2.03. The SMILES string of the molecule is CCNc1cc(C)nc2cc(F)c(F)c(F)c12. The summed E-state index contributed by atoms with van der Waals surface area (Å²) in [5.41, 5.74) is 1.14. The van der Waals surface area contributed by atoms with Crippen molar-refractivity contribution in [2.75, 3.05) is 11.9 Å². The Morgan fingerprint density at radius 1 is 1.18 bits per heavy atom. The molecule has 2 aromatic rings. The van der Waals surface area contributed by atoms with Gasteiger partial charge in [0.2, 0.25) is 0 Å². The normalized spacial score (nSPS) is 10.9. The number of aromatic nitrogens is 1. The van der Waals surface area contributed by atoms with Gasteiger partial charge >= 0.3 is 0 Å². The first-order valence-electron chi connectivity index (χ1n) is 5.23. The summed E-state index contributed by atoms with van der Waals surface area (Å²) in [6.07, 6.45) is 0. The molecular weight excluding hydrogens is 229 g/mol. The number of nitrogens with zero attached hydrogens (tertiary/aromatic N) is 1. The molecule has 1 aromatic carbocycles. The highest BCUT2D eigenvalue weighted by molar-refractivity contribution is 5.92. The molecule has 0 aliphatic carbocycles. The summed E-state index contributed by atoms with van der Waals surface area (Å²) in [6.45, 7) is 4.09. The first-order chi connectivity index (χ1) is 8.04. The summed E-state index contributed by atoms with van der Waals surface area (Å²) >= 11 is 0. The Bertz CT molecular complexity index is 582. The van der Waals surface area contributed by atoms with Gasteiger partial charge in [0.25, 0.3) is 0 Å². The number of hydrogen-bond acceptors (Lipinski definition) is 2.